The number of piperidine rings is 1. The van der Waals surface area contributed by atoms with Gasteiger partial charge in [0.15, 0.2) is 0 Å². The van der Waals surface area contributed by atoms with E-state index in [2.05, 4.69) is 0 Å². The monoisotopic (exact) mass is 263 g/mol. The number of anilines is 2. The largest absolute Gasteiger partial charge is 0.399 e. The molecule has 1 heterocycles. The molecule has 19 heavy (non-hydrogen) atoms. The molecule has 1 unspecified atom stereocenters. The molecule has 1 aromatic carbocycles. The Labute approximate surface area is 113 Å². The Morgan fingerprint density at radius 2 is 2.21 bits per heavy atom. The number of rotatable bonds is 2. The third-order valence-electron chi connectivity index (χ3n) is 3.42. The maximum absolute atomic E-state index is 12.6. The lowest BCUT2D eigenvalue weighted by molar-refractivity contribution is 0.0474. The lowest BCUT2D eigenvalue weighted by Gasteiger charge is -2.31. The lowest BCUT2D eigenvalue weighted by Crippen LogP contribution is -2.42. The van der Waals surface area contributed by atoms with Crippen molar-refractivity contribution >= 4 is 17.3 Å². The van der Waals surface area contributed by atoms with Gasteiger partial charge in [-0.15, -0.1) is 0 Å². The number of amides is 1. The van der Waals surface area contributed by atoms with E-state index in [-0.39, 0.29) is 5.91 Å². The second kappa shape index (κ2) is 5.48. The van der Waals surface area contributed by atoms with Gasteiger partial charge in [-0.2, -0.15) is 0 Å². The van der Waals surface area contributed by atoms with E-state index in [4.69, 9.17) is 5.73 Å². The minimum atomic E-state index is -0.415. The van der Waals surface area contributed by atoms with E-state index >= 15 is 0 Å². The van der Waals surface area contributed by atoms with Gasteiger partial charge in [0.05, 0.1) is 11.7 Å². The quantitative estimate of drug-likeness (QED) is 0.779. The van der Waals surface area contributed by atoms with Crippen LogP contribution in [-0.4, -0.2) is 49.2 Å². The van der Waals surface area contributed by atoms with Crippen LogP contribution in [0.1, 0.15) is 23.2 Å². The molecule has 0 aliphatic carbocycles. The number of β-amino-alcohol motifs (C(OH)–C–C–N with tert-alkyl or cyclic N) is 1. The molecular formula is C14H21N3O2. The summed E-state index contributed by atoms with van der Waals surface area (Å²) in [5.41, 5.74) is 7.80. The van der Waals surface area contributed by atoms with Crippen LogP contribution in [-0.2, 0) is 0 Å². The number of hydrogen-bond acceptors (Lipinski definition) is 4. The molecule has 1 amide bonds. The fraction of sp³-hybridized carbons (Fsp3) is 0.500. The van der Waals surface area contributed by atoms with E-state index in [0.717, 1.165) is 18.5 Å². The highest BCUT2D eigenvalue weighted by molar-refractivity contribution is 6.00. The zero-order chi connectivity index (χ0) is 14.0. The van der Waals surface area contributed by atoms with E-state index in [9.17, 15) is 9.90 Å². The van der Waals surface area contributed by atoms with Gasteiger partial charge in [0.25, 0.3) is 5.91 Å². The van der Waals surface area contributed by atoms with Crippen molar-refractivity contribution in [2.45, 2.75) is 18.9 Å². The first-order chi connectivity index (χ1) is 8.99. The number of aliphatic hydroxyl groups excluding tert-OH is 1. The first kappa shape index (κ1) is 13.7. The van der Waals surface area contributed by atoms with Crippen molar-refractivity contribution in [1.29, 1.82) is 0 Å². The SMILES string of the molecule is CN(C)c1ccc(N)cc1C(=O)N1CCCC(O)C1. The number of benzene rings is 1. The number of aliphatic hydroxyl groups is 1. The fourth-order valence-corrected chi connectivity index (χ4v) is 2.42. The zero-order valence-electron chi connectivity index (χ0n) is 11.5. The van der Waals surface area contributed by atoms with Crippen LogP contribution in [0.15, 0.2) is 18.2 Å². The van der Waals surface area contributed by atoms with Crippen LogP contribution in [0.5, 0.6) is 0 Å². The highest BCUT2D eigenvalue weighted by Gasteiger charge is 2.25. The molecule has 0 saturated carbocycles. The summed E-state index contributed by atoms with van der Waals surface area (Å²) in [6.45, 7) is 1.10. The summed E-state index contributed by atoms with van der Waals surface area (Å²) in [5.74, 6) is -0.0604. The van der Waals surface area contributed by atoms with E-state index < -0.39 is 6.10 Å². The lowest BCUT2D eigenvalue weighted by atomic mass is 10.1. The molecule has 0 aromatic heterocycles. The number of hydrogen-bond donors (Lipinski definition) is 2. The van der Waals surface area contributed by atoms with Gasteiger partial charge in [-0.3, -0.25) is 4.79 Å². The van der Waals surface area contributed by atoms with Gasteiger partial charge < -0.3 is 20.6 Å². The van der Waals surface area contributed by atoms with Gasteiger partial charge in [-0.25, -0.2) is 0 Å². The second-order valence-corrected chi connectivity index (χ2v) is 5.22. The average molecular weight is 263 g/mol. The van der Waals surface area contributed by atoms with Crippen LogP contribution < -0.4 is 10.6 Å². The van der Waals surface area contributed by atoms with E-state index in [1.54, 1.807) is 17.0 Å². The van der Waals surface area contributed by atoms with Crippen LogP contribution in [0.3, 0.4) is 0 Å². The summed E-state index contributed by atoms with van der Waals surface area (Å²) in [4.78, 5) is 16.2. The summed E-state index contributed by atoms with van der Waals surface area (Å²) in [5, 5.41) is 9.68. The van der Waals surface area contributed by atoms with Gasteiger partial charge >= 0.3 is 0 Å². The van der Waals surface area contributed by atoms with E-state index in [0.29, 0.717) is 24.3 Å². The Morgan fingerprint density at radius 1 is 1.47 bits per heavy atom. The zero-order valence-corrected chi connectivity index (χ0v) is 11.5. The van der Waals surface area contributed by atoms with Crippen LogP contribution in [0.25, 0.3) is 0 Å². The summed E-state index contributed by atoms with van der Waals surface area (Å²) >= 11 is 0. The number of nitrogens with two attached hydrogens (primary N) is 1. The molecule has 0 spiro atoms. The number of carbonyl (C=O) groups is 1. The Morgan fingerprint density at radius 3 is 2.84 bits per heavy atom. The highest BCUT2D eigenvalue weighted by atomic mass is 16.3. The highest BCUT2D eigenvalue weighted by Crippen LogP contribution is 2.24. The van der Waals surface area contributed by atoms with Gasteiger partial charge in [-0.1, -0.05) is 0 Å². The summed E-state index contributed by atoms with van der Waals surface area (Å²) < 4.78 is 0. The van der Waals surface area contributed by atoms with Crippen molar-refractivity contribution in [2.75, 3.05) is 37.8 Å². The van der Waals surface area contributed by atoms with Gasteiger partial charge in [0, 0.05) is 38.6 Å². The fourth-order valence-electron chi connectivity index (χ4n) is 2.42. The standard InChI is InChI=1S/C14H21N3O2/c1-16(2)13-6-5-10(15)8-12(13)14(19)17-7-3-4-11(18)9-17/h5-6,8,11,18H,3-4,7,9,15H2,1-2H3. The van der Waals surface area contributed by atoms with Gasteiger partial charge in [0.1, 0.15) is 0 Å². The molecule has 104 valence electrons. The first-order valence-corrected chi connectivity index (χ1v) is 6.53. The molecule has 2 rings (SSSR count). The Hall–Kier alpha value is -1.75. The number of carbonyl (C=O) groups excluding carboxylic acids is 1. The van der Waals surface area contributed by atoms with Crippen molar-refractivity contribution in [3.8, 4) is 0 Å². The second-order valence-electron chi connectivity index (χ2n) is 5.22. The average Bonchev–Trinajstić information content (AvgIpc) is 2.37. The van der Waals surface area contributed by atoms with Crippen LogP contribution in [0.2, 0.25) is 0 Å². The van der Waals surface area contributed by atoms with E-state index in [1.807, 2.05) is 25.1 Å². The van der Waals surface area contributed by atoms with Crippen LogP contribution in [0, 0.1) is 0 Å². The van der Waals surface area contributed by atoms with Gasteiger partial charge in [-0.05, 0) is 31.0 Å². The smallest absolute Gasteiger partial charge is 0.256 e. The normalized spacial score (nSPS) is 19.3. The third-order valence-corrected chi connectivity index (χ3v) is 3.42. The van der Waals surface area contributed by atoms with Crippen molar-refractivity contribution in [1.82, 2.24) is 4.90 Å². The van der Waals surface area contributed by atoms with Crippen molar-refractivity contribution in [3.05, 3.63) is 23.8 Å². The molecule has 1 aliphatic rings. The molecule has 1 saturated heterocycles. The molecule has 1 aliphatic heterocycles. The Balaban J connectivity index is 2.29. The molecule has 5 heteroatoms. The predicted molar refractivity (Wildman–Crippen MR) is 76.3 cm³/mol. The van der Waals surface area contributed by atoms with E-state index in [1.165, 1.54) is 0 Å². The maximum atomic E-state index is 12.6. The van der Waals surface area contributed by atoms with Crippen molar-refractivity contribution in [2.24, 2.45) is 0 Å². The molecule has 1 aromatic rings. The minimum absolute atomic E-state index is 0.0604. The molecular weight excluding hydrogens is 242 g/mol. The van der Waals surface area contributed by atoms with Gasteiger partial charge in [0.2, 0.25) is 0 Å². The predicted octanol–water partition coefficient (Wildman–Crippen LogP) is 0.932. The maximum Gasteiger partial charge on any atom is 0.256 e. The molecule has 0 radical (unpaired) electrons. The van der Waals surface area contributed by atoms with Crippen LogP contribution >= 0.6 is 0 Å². The van der Waals surface area contributed by atoms with Crippen molar-refractivity contribution in [3.63, 3.8) is 0 Å². The first-order valence-electron chi connectivity index (χ1n) is 6.53. The summed E-state index contributed by atoms with van der Waals surface area (Å²) in [6, 6.07) is 5.35. The number of nitrogens with zero attached hydrogens (tertiary/aromatic N) is 2. The molecule has 3 N–H and O–H groups in total. The number of nitrogen functional groups attached to an aromatic ring is 1. The minimum Gasteiger partial charge on any atom is -0.399 e. The molecule has 0 bridgehead atoms. The van der Waals surface area contributed by atoms with Crippen molar-refractivity contribution < 1.29 is 9.90 Å². The Bertz CT molecular complexity index is 474. The topological polar surface area (TPSA) is 69.8 Å². The summed E-state index contributed by atoms with van der Waals surface area (Å²) in [6.07, 6.45) is 1.19. The Kier molecular flexibility index (Phi) is 3.95. The molecule has 1 fully saturated rings. The number of likely N-dealkylation sites (tertiary alicyclic amines) is 1. The summed E-state index contributed by atoms with van der Waals surface area (Å²) in [7, 11) is 3.79. The molecule has 1 atom stereocenters. The molecule has 5 nitrogen and oxygen atoms in total. The van der Waals surface area contributed by atoms with Crippen LogP contribution in [0.4, 0.5) is 11.4 Å². The third kappa shape index (κ3) is 2.98.